The molecule has 0 aromatic carbocycles. The predicted octanol–water partition coefficient (Wildman–Crippen LogP) is 5.69. The second kappa shape index (κ2) is 13.9. The number of ether oxygens (including phenoxy) is 1. The monoisotopic (exact) mass is 685 g/mol. The van der Waals surface area contributed by atoms with Crippen molar-refractivity contribution >= 4 is 29.4 Å². The number of aromatic amines is 1. The van der Waals surface area contributed by atoms with E-state index in [4.69, 9.17) is 16.3 Å². The van der Waals surface area contributed by atoms with Crippen LogP contribution in [0, 0.1) is 0 Å². The molecule has 0 spiro atoms. The fourth-order valence-electron chi connectivity index (χ4n) is 4.91. The smallest absolute Gasteiger partial charge is 0.420 e. The molecule has 20 heteroatoms. The highest BCUT2D eigenvalue weighted by atomic mass is 35.5. The summed E-state index contributed by atoms with van der Waals surface area (Å²) >= 11 is 6.00. The van der Waals surface area contributed by atoms with E-state index in [1.54, 1.807) is 6.92 Å². The van der Waals surface area contributed by atoms with E-state index in [-0.39, 0.29) is 34.5 Å². The Morgan fingerprint density at radius 2 is 1.70 bits per heavy atom. The highest BCUT2D eigenvalue weighted by Gasteiger charge is 2.38. The Morgan fingerprint density at radius 1 is 0.979 bits per heavy atom. The summed E-state index contributed by atoms with van der Waals surface area (Å²) in [5.41, 5.74) is -0.983. The van der Waals surface area contributed by atoms with Crippen LogP contribution in [0.5, 0.6) is 6.01 Å². The number of halogens is 7. The summed E-state index contributed by atoms with van der Waals surface area (Å²) in [4.78, 5) is 38.8. The van der Waals surface area contributed by atoms with Crippen LogP contribution in [-0.4, -0.2) is 77.5 Å². The van der Waals surface area contributed by atoms with Gasteiger partial charge in [0.1, 0.15) is 23.5 Å². The number of carbonyl (C=O) groups excluding carboxylic acids is 1. The van der Waals surface area contributed by atoms with Crippen LogP contribution in [-0.2, 0) is 6.18 Å². The number of nitrogens with zero attached hydrogens (tertiary/aromatic N) is 8. The minimum Gasteiger partial charge on any atom is -0.464 e. The molecule has 0 bridgehead atoms. The minimum absolute atomic E-state index is 0.0169. The van der Waals surface area contributed by atoms with Gasteiger partial charge >= 0.3 is 24.4 Å². The second-order valence-electron chi connectivity index (χ2n) is 10.3. The lowest BCUT2D eigenvalue weighted by molar-refractivity contribution is -0.137. The summed E-state index contributed by atoms with van der Waals surface area (Å²) in [6, 6.07) is -1.76. The summed E-state index contributed by atoms with van der Waals surface area (Å²) in [7, 11) is 0. The maximum atomic E-state index is 13.7. The van der Waals surface area contributed by atoms with E-state index in [1.165, 1.54) is 31.0 Å². The van der Waals surface area contributed by atoms with E-state index >= 15 is 0 Å². The number of urea groups is 1. The standard InChI is InChI=1S/C27H26ClF6N11O2/c1-2-47-24-38-7-14(8-39-24)19-11-36-20(12-35-19)45(25(46)40-13-26(29,30)31)16-5-3-15(4-6-16)42-23-37-9-17(27(32,33)34)21(43-23)22-18(28)10-41-44-22/h7-12,15-16H,2-6,13H2,1H3,(H,40,46)(H,41,44)(H,37,42,43)/t15-,16-. The number of amides is 2. The third kappa shape index (κ3) is 8.32. The molecule has 0 unspecified atom stereocenters. The molecule has 1 aliphatic carbocycles. The average Bonchev–Trinajstić information content (AvgIpc) is 3.46. The van der Waals surface area contributed by atoms with Gasteiger partial charge in [0.05, 0.1) is 29.7 Å². The van der Waals surface area contributed by atoms with Crippen molar-refractivity contribution in [3.05, 3.63) is 47.8 Å². The van der Waals surface area contributed by atoms with E-state index in [1.807, 2.05) is 5.32 Å². The number of aromatic nitrogens is 8. The largest absolute Gasteiger partial charge is 0.464 e. The fraction of sp³-hybridized carbons (Fsp3) is 0.407. The summed E-state index contributed by atoms with van der Waals surface area (Å²) in [6.07, 6.45) is -0.688. The minimum atomic E-state index is -4.77. The SMILES string of the molecule is CCOc1ncc(-c2cnc(N(C(=O)NCC(F)(F)F)[C@H]3CC[C@H](Nc4ncc(C(F)(F)F)c(-c5n[nH]cc5Cl)n4)CC3)cn2)cn1. The zero-order valence-corrected chi connectivity index (χ0v) is 25.2. The lowest BCUT2D eigenvalue weighted by Crippen LogP contribution is -2.50. The van der Waals surface area contributed by atoms with Gasteiger partial charge in [-0.25, -0.2) is 29.7 Å². The van der Waals surface area contributed by atoms with Crippen molar-refractivity contribution < 1.29 is 35.9 Å². The molecule has 4 aromatic heterocycles. The molecule has 0 atom stereocenters. The Hall–Kier alpha value is -4.81. The van der Waals surface area contributed by atoms with Crippen molar-refractivity contribution in [2.45, 2.75) is 57.0 Å². The fourth-order valence-corrected chi connectivity index (χ4v) is 5.09. The quantitative estimate of drug-likeness (QED) is 0.187. The van der Waals surface area contributed by atoms with Gasteiger partial charge < -0.3 is 15.4 Å². The number of hydrogen-bond acceptors (Lipinski definition) is 10. The number of alkyl halides is 6. The molecule has 250 valence electrons. The summed E-state index contributed by atoms with van der Waals surface area (Å²) < 4.78 is 85.0. The Kier molecular flexibility index (Phi) is 9.92. The van der Waals surface area contributed by atoms with Gasteiger partial charge in [-0.1, -0.05) is 11.6 Å². The molecule has 5 rings (SSSR count). The molecule has 2 amide bonds. The first kappa shape index (κ1) is 33.6. The van der Waals surface area contributed by atoms with E-state index in [0.717, 1.165) is 4.90 Å². The van der Waals surface area contributed by atoms with Gasteiger partial charge in [-0.2, -0.15) is 31.4 Å². The molecule has 0 radical (unpaired) electrons. The number of H-pyrrole nitrogens is 1. The van der Waals surface area contributed by atoms with Crippen molar-refractivity contribution in [2.75, 3.05) is 23.4 Å². The Morgan fingerprint density at radius 3 is 2.28 bits per heavy atom. The van der Waals surface area contributed by atoms with Gasteiger partial charge in [0, 0.05) is 42.4 Å². The number of rotatable bonds is 9. The molecule has 13 nitrogen and oxygen atoms in total. The average molecular weight is 686 g/mol. The molecule has 4 heterocycles. The van der Waals surface area contributed by atoms with E-state index in [9.17, 15) is 31.1 Å². The van der Waals surface area contributed by atoms with Crippen LogP contribution in [0.15, 0.2) is 37.2 Å². The van der Waals surface area contributed by atoms with Crippen molar-refractivity contribution in [1.82, 2.24) is 45.4 Å². The number of carbonyl (C=O) groups is 1. The predicted molar refractivity (Wildman–Crippen MR) is 155 cm³/mol. The highest BCUT2D eigenvalue weighted by Crippen LogP contribution is 2.38. The van der Waals surface area contributed by atoms with Crippen LogP contribution in [0.4, 0.5) is 42.9 Å². The molecular weight excluding hydrogens is 660 g/mol. The van der Waals surface area contributed by atoms with Crippen LogP contribution in [0.2, 0.25) is 5.02 Å². The molecule has 47 heavy (non-hydrogen) atoms. The maximum absolute atomic E-state index is 13.7. The lowest BCUT2D eigenvalue weighted by atomic mass is 9.90. The Balaban J connectivity index is 1.31. The Labute approximate surface area is 267 Å². The molecule has 1 fully saturated rings. The molecule has 1 saturated carbocycles. The maximum Gasteiger partial charge on any atom is 0.420 e. The van der Waals surface area contributed by atoms with Crippen molar-refractivity contribution in [2.24, 2.45) is 0 Å². The molecule has 1 aliphatic rings. The van der Waals surface area contributed by atoms with Crippen LogP contribution in [0.25, 0.3) is 22.6 Å². The van der Waals surface area contributed by atoms with Gasteiger partial charge in [0.2, 0.25) is 5.95 Å². The third-order valence-corrected chi connectivity index (χ3v) is 7.34. The van der Waals surface area contributed by atoms with Gasteiger partial charge in [0.15, 0.2) is 5.82 Å². The van der Waals surface area contributed by atoms with Crippen LogP contribution < -0.4 is 20.3 Å². The van der Waals surface area contributed by atoms with Gasteiger partial charge in [-0.3, -0.25) is 15.0 Å². The topological polar surface area (TPSA) is 160 Å². The third-order valence-electron chi connectivity index (χ3n) is 7.05. The highest BCUT2D eigenvalue weighted by molar-refractivity contribution is 6.32. The summed E-state index contributed by atoms with van der Waals surface area (Å²) in [5, 5.41) is 11.0. The van der Waals surface area contributed by atoms with Gasteiger partial charge in [-0.15, -0.1) is 0 Å². The Bertz CT molecular complexity index is 1660. The van der Waals surface area contributed by atoms with Crippen LogP contribution in [0.3, 0.4) is 0 Å². The molecule has 0 aliphatic heterocycles. The molecule has 4 aromatic rings. The zero-order chi connectivity index (χ0) is 33.8. The van der Waals surface area contributed by atoms with Crippen LogP contribution >= 0.6 is 11.6 Å². The van der Waals surface area contributed by atoms with E-state index in [0.29, 0.717) is 49.7 Å². The summed E-state index contributed by atoms with van der Waals surface area (Å²) in [5.74, 6) is -0.0849. The summed E-state index contributed by atoms with van der Waals surface area (Å²) in [6.45, 7) is 0.606. The van der Waals surface area contributed by atoms with Crippen molar-refractivity contribution in [1.29, 1.82) is 0 Å². The molecule has 0 saturated heterocycles. The number of nitrogens with one attached hydrogen (secondary N) is 3. The number of hydrogen-bond donors (Lipinski definition) is 3. The van der Waals surface area contributed by atoms with Gasteiger partial charge in [0.25, 0.3) is 0 Å². The second-order valence-corrected chi connectivity index (χ2v) is 10.7. The normalized spacial score (nSPS) is 16.9. The number of anilines is 2. The molecule has 3 N–H and O–H groups in total. The first-order valence-corrected chi connectivity index (χ1v) is 14.5. The van der Waals surface area contributed by atoms with E-state index in [2.05, 4.69) is 45.4 Å². The van der Waals surface area contributed by atoms with Gasteiger partial charge in [-0.05, 0) is 32.6 Å². The van der Waals surface area contributed by atoms with Crippen molar-refractivity contribution in [3.8, 4) is 28.7 Å². The first-order valence-electron chi connectivity index (χ1n) is 14.1. The van der Waals surface area contributed by atoms with Crippen molar-refractivity contribution in [3.63, 3.8) is 0 Å². The first-order chi connectivity index (χ1) is 22.3. The molecular formula is C27H26ClF6N11O2. The zero-order valence-electron chi connectivity index (χ0n) is 24.4. The van der Waals surface area contributed by atoms with E-state index < -0.39 is 42.2 Å². The van der Waals surface area contributed by atoms with Crippen LogP contribution in [0.1, 0.15) is 38.2 Å². The lowest BCUT2D eigenvalue weighted by Gasteiger charge is -2.36.